The minimum absolute atomic E-state index is 0.0212. The van der Waals surface area contributed by atoms with Gasteiger partial charge < -0.3 is 15.0 Å². The summed E-state index contributed by atoms with van der Waals surface area (Å²) in [6.07, 6.45) is 3.90. The van der Waals surface area contributed by atoms with Crippen molar-refractivity contribution < 1.29 is 14.3 Å². The van der Waals surface area contributed by atoms with E-state index in [2.05, 4.69) is 15.1 Å². The van der Waals surface area contributed by atoms with E-state index in [1.165, 1.54) is 0 Å². The number of para-hydroxylation sites is 1. The number of hydrogen-bond donors (Lipinski definition) is 1. The highest BCUT2D eigenvalue weighted by Crippen LogP contribution is 2.41. The smallest absolute Gasteiger partial charge is 0.223 e. The molecule has 1 N–H and O–H groups in total. The van der Waals surface area contributed by atoms with Gasteiger partial charge in [0.1, 0.15) is 12.4 Å². The topological polar surface area (TPSA) is 61.9 Å². The van der Waals surface area contributed by atoms with Gasteiger partial charge in [0.15, 0.2) is 0 Å². The largest absolute Gasteiger partial charge is 0.492 e. The van der Waals surface area contributed by atoms with E-state index in [0.29, 0.717) is 37.5 Å². The van der Waals surface area contributed by atoms with Gasteiger partial charge in [0.25, 0.3) is 0 Å². The molecule has 4 rings (SSSR count). The third-order valence-corrected chi connectivity index (χ3v) is 6.55. The van der Waals surface area contributed by atoms with E-state index in [1.807, 2.05) is 30.3 Å². The molecule has 0 aromatic heterocycles. The molecule has 0 saturated carbocycles. The Kier molecular flexibility index (Phi) is 5.85. The van der Waals surface area contributed by atoms with Gasteiger partial charge in [-0.3, -0.25) is 14.5 Å². The van der Waals surface area contributed by atoms with Gasteiger partial charge in [-0.25, -0.2) is 0 Å². The van der Waals surface area contributed by atoms with Crippen molar-refractivity contribution in [2.75, 3.05) is 32.8 Å². The second-order valence-electron chi connectivity index (χ2n) is 8.44. The van der Waals surface area contributed by atoms with Crippen LogP contribution in [0, 0.1) is 11.8 Å². The van der Waals surface area contributed by atoms with Crippen LogP contribution in [0.3, 0.4) is 0 Å². The summed E-state index contributed by atoms with van der Waals surface area (Å²) in [5, 5.41) is 2.98. The van der Waals surface area contributed by atoms with Gasteiger partial charge >= 0.3 is 0 Å². The molecule has 0 unspecified atom stereocenters. The van der Waals surface area contributed by atoms with E-state index >= 15 is 0 Å². The number of ether oxygens (including phenoxy) is 1. The number of amides is 2. The lowest BCUT2D eigenvalue weighted by atomic mass is 9.72. The molecule has 3 aliphatic rings. The predicted molar refractivity (Wildman–Crippen MR) is 107 cm³/mol. The molecule has 152 valence electrons. The minimum atomic E-state index is -0.0212. The highest BCUT2D eigenvalue weighted by molar-refractivity contribution is 5.78. The van der Waals surface area contributed by atoms with E-state index in [9.17, 15) is 9.59 Å². The molecule has 0 spiro atoms. The Labute approximate surface area is 167 Å². The molecule has 0 aliphatic carbocycles. The zero-order chi connectivity index (χ0) is 19.5. The van der Waals surface area contributed by atoms with Crippen LogP contribution >= 0.6 is 0 Å². The first kappa shape index (κ1) is 19.2. The number of nitrogens with one attached hydrogen (secondary N) is 1. The Balaban J connectivity index is 1.41. The lowest BCUT2D eigenvalue weighted by Gasteiger charge is -2.56. The van der Waals surface area contributed by atoms with Crippen molar-refractivity contribution in [2.24, 2.45) is 11.8 Å². The Bertz CT molecular complexity index is 696. The maximum absolute atomic E-state index is 12.7. The third-order valence-electron chi connectivity index (χ3n) is 6.55. The van der Waals surface area contributed by atoms with Crippen LogP contribution < -0.4 is 10.1 Å². The highest BCUT2D eigenvalue weighted by atomic mass is 16.5. The van der Waals surface area contributed by atoms with Gasteiger partial charge in [0.05, 0.1) is 6.04 Å². The first-order chi connectivity index (χ1) is 13.6. The van der Waals surface area contributed by atoms with Crippen LogP contribution in [0.5, 0.6) is 5.75 Å². The SMILES string of the molecule is CC(=O)NC[C@H]1[C@H]2C[C@H](CN(CCOc3ccccc3)C2)[C@@H]2CCCC(=O)N21. The normalized spacial score (nSPS) is 29.9. The zero-order valence-corrected chi connectivity index (χ0v) is 16.7. The zero-order valence-electron chi connectivity index (χ0n) is 16.7. The van der Waals surface area contributed by atoms with Gasteiger partial charge in [-0.2, -0.15) is 0 Å². The highest BCUT2D eigenvalue weighted by Gasteiger charge is 2.49. The van der Waals surface area contributed by atoms with Gasteiger partial charge in [-0.15, -0.1) is 0 Å². The number of fused-ring (bicyclic) bond motifs is 4. The molecule has 28 heavy (non-hydrogen) atoms. The molecule has 1 aromatic carbocycles. The molecule has 1 aromatic rings. The molecule has 3 aliphatic heterocycles. The van der Waals surface area contributed by atoms with Crippen molar-refractivity contribution in [2.45, 2.75) is 44.7 Å². The summed E-state index contributed by atoms with van der Waals surface area (Å²) in [5.74, 6) is 2.12. The molecule has 6 heteroatoms. The van der Waals surface area contributed by atoms with Crippen molar-refractivity contribution >= 4 is 11.8 Å². The van der Waals surface area contributed by atoms with Crippen LogP contribution in [0.2, 0.25) is 0 Å². The number of piperidine rings is 3. The molecule has 0 radical (unpaired) electrons. The number of carbonyl (C=O) groups excluding carboxylic acids is 2. The molecular weight excluding hydrogens is 354 g/mol. The standard InChI is InChI=1S/C22H31N3O3/c1-16(26)23-13-21-18-12-17(20-8-5-9-22(27)25(20)21)14-24(15-18)10-11-28-19-6-3-2-4-7-19/h2-4,6-7,17-18,20-21H,5,8-15H2,1H3,(H,23,26)/t17-,18+,20+,21+/m1/s1. The number of rotatable bonds is 6. The molecule has 4 atom stereocenters. The molecule has 3 heterocycles. The lowest BCUT2D eigenvalue weighted by molar-refractivity contribution is -0.153. The number of hydrogen-bond acceptors (Lipinski definition) is 4. The molecule has 3 saturated heterocycles. The molecule has 2 amide bonds. The summed E-state index contributed by atoms with van der Waals surface area (Å²) in [6, 6.07) is 10.4. The summed E-state index contributed by atoms with van der Waals surface area (Å²) >= 11 is 0. The molecule has 3 fully saturated rings. The number of benzene rings is 1. The maximum Gasteiger partial charge on any atom is 0.223 e. The summed E-state index contributed by atoms with van der Waals surface area (Å²) in [5.41, 5.74) is 0. The fourth-order valence-corrected chi connectivity index (χ4v) is 5.37. The molecule has 2 bridgehead atoms. The average molecular weight is 386 g/mol. The molecular formula is C22H31N3O3. The molecule has 6 nitrogen and oxygen atoms in total. The fourth-order valence-electron chi connectivity index (χ4n) is 5.37. The maximum atomic E-state index is 12.7. The van der Waals surface area contributed by atoms with Gasteiger partial charge in [-0.1, -0.05) is 18.2 Å². The Morgan fingerprint density at radius 3 is 2.79 bits per heavy atom. The second-order valence-corrected chi connectivity index (χ2v) is 8.44. The van der Waals surface area contributed by atoms with Crippen molar-refractivity contribution in [1.29, 1.82) is 0 Å². The van der Waals surface area contributed by atoms with Crippen molar-refractivity contribution in [3.8, 4) is 5.75 Å². The van der Waals surface area contributed by atoms with Crippen LogP contribution in [0.1, 0.15) is 32.6 Å². The van der Waals surface area contributed by atoms with Crippen LogP contribution in [0.15, 0.2) is 30.3 Å². The van der Waals surface area contributed by atoms with Crippen LogP contribution in [0.4, 0.5) is 0 Å². The van der Waals surface area contributed by atoms with Crippen LogP contribution in [-0.2, 0) is 9.59 Å². The summed E-state index contributed by atoms with van der Waals surface area (Å²) in [4.78, 5) is 28.9. The van der Waals surface area contributed by atoms with E-state index in [0.717, 1.165) is 44.6 Å². The quantitative estimate of drug-likeness (QED) is 0.813. The summed E-state index contributed by atoms with van der Waals surface area (Å²) < 4.78 is 5.90. The summed E-state index contributed by atoms with van der Waals surface area (Å²) in [6.45, 7) is 5.70. The summed E-state index contributed by atoms with van der Waals surface area (Å²) in [7, 11) is 0. The number of carbonyl (C=O) groups is 2. The van der Waals surface area contributed by atoms with Gasteiger partial charge in [0.2, 0.25) is 11.8 Å². The van der Waals surface area contributed by atoms with E-state index in [1.54, 1.807) is 6.92 Å². The fraction of sp³-hybridized carbons (Fsp3) is 0.636. The Morgan fingerprint density at radius 1 is 1.21 bits per heavy atom. The third kappa shape index (κ3) is 4.17. The number of likely N-dealkylation sites (tertiary alicyclic amines) is 1. The van der Waals surface area contributed by atoms with Crippen LogP contribution in [-0.4, -0.2) is 66.5 Å². The first-order valence-electron chi connectivity index (χ1n) is 10.6. The van der Waals surface area contributed by atoms with Crippen LogP contribution in [0.25, 0.3) is 0 Å². The van der Waals surface area contributed by atoms with Crippen molar-refractivity contribution in [3.63, 3.8) is 0 Å². The van der Waals surface area contributed by atoms with E-state index in [4.69, 9.17) is 4.74 Å². The average Bonchev–Trinajstić information content (AvgIpc) is 2.69. The van der Waals surface area contributed by atoms with Crippen molar-refractivity contribution in [3.05, 3.63) is 30.3 Å². The van der Waals surface area contributed by atoms with E-state index < -0.39 is 0 Å². The number of nitrogens with zero attached hydrogens (tertiary/aromatic N) is 2. The Morgan fingerprint density at radius 2 is 2.00 bits per heavy atom. The Hall–Kier alpha value is -2.08. The van der Waals surface area contributed by atoms with Gasteiger partial charge in [0, 0.05) is 45.6 Å². The predicted octanol–water partition coefficient (Wildman–Crippen LogP) is 1.90. The second kappa shape index (κ2) is 8.52. The van der Waals surface area contributed by atoms with Crippen molar-refractivity contribution in [1.82, 2.24) is 15.1 Å². The lowest BCUT2D eigenvalue weighted by Crippen LogP contribution is -2.67. The van der Waals surface area contributed by atoms with Gasteiger partial charge in [-0.05, 0) is 43.2 Å². The first-order valence-corrected chi connectivity index (χ1v) is 10.6. The monoisotopic (exact) mass is 385 g/mol. The minimum Gasteiger partial charge on any atom is -0.492 e. The van der Waals surface area contributed by atoms with E-state index in [-0.39, 0.29) is 17.9 Å².